The second-order valence-corrected chi connectivity index (χ2v) is 5.81. The van der Waals surface area contributed by atoms with Crippen LogP contribution < -0.4 is 5.32 Å². The fourth-order valence-electron chi connectivity index (χ4n) is 1.91. The van der Waals surface area contributed by atoms with Crippen LogP contribution in [0.3, 0.4) is 0 Å². The first-order chi connectivity index (χ1) is 10.5. The van der Waals surface area contributed by atoms with Crippen LogP contribution in [-0.4, -0.2) is 40.1 Å². The third kappa shape index (κ3) is 4.11. The Morgan fingerprint density at radius 1 is 1.45 bits per heavy atom. The maximum absolute atomic E-state index is 11.9. The summed E-state index contributed by atoms with van der Waals surface area (Å²) in [5.74, 6) is 1.20. The van der Waals surface area contributed by atoms with Crippen LogP contribution in [0.1, 0.15) is 17.1 Å². The molecule has 7 nitrogen and oxygen atoms in total. The number of thioether (sulfide) groups is 1. The lowest BCUT2D eigenvalue weighted by molar-refractivity contribution is -0.113. The van der Waals surface area contributed by atoms with E-state index in [1.54, 1.807) is 20.1 Å². The Kier molecular flexibility index (Phi) is 5.62. The van der Waals surface area contributed by atoms with E-state index < -0.39 is 0 Å². The molecule has 0 bridgehead atoms. The Hall–Kier alpha value is -1.80. The van der Waals surface area contributed by atoms with Crippen molar-refractivity contribution in [2.75, 3.05) is 24.8 Å². The van der Waals surface area contributed by atoms with Gasteiger partial charge in [0.05, 0.1) is 18.1 Å². The Bertz CT molecular complexity index is 651. The molecule has 2 heterocycles. The van der Waals surface area contributed by atoms with Crippen LogP contribution in [0.2, 0.25) is 0 Å². The zero-order valence-electron chi connectivity index (χ0n) is 13.2. The number of nitrogens with one attached hydrogen (secondary N) is 1. The highest BCUT2D eigenvalue weighted by molar-refractivity contribution is 7.99. The standard InChI is InChI=1S/C14H20N4O3S/c1-9-7-12(17-21-9)16-13(19)8-22-14-15-10(2)11(3)18(14)5-6-20-4/h7H,5-6,8H2,1-4H3,(H,16,17,19). The van der Waals surface area contributed by atoms with Gasteiger partial charge in [0.2, 0.25) is 5.91 Å². The molecule has 22 heavy (non-hydrogen) atoms. The van der Waals surface area contributed by atoms with E-state index in [9.17, 15) is 4.79 Å². The molecule has 0 atom stereocenters. The summed E-state index contributed by atoms with van der Waals surface area (Å²) in [6, 6.07) is 1.68. The number of rotatable bonds is 7. The number of methoxy groups -OCH3 is 1. The van der Waals surface area contributed by atoms with Crippen molar-refractivity contribution in [2.45, 2.75) is 32.5 Å². The topological polar surface area (TPSA) is 82.2 Å². The first kappa shape index (κ1) is 16.6. The molecule has 8 heteroatoms. The lowest BCUT2D eigenvalue weighted by Crippen LogP contribution is -2.15. The van der Waals surface area contributed by atoms with Gasteiger partial charge in [-0.05, 0) is 20.8 Å². The number of nitrogens with zero attached hydrogens (tertiary/aromatic N) is 3. The van der Waals surface area contributed by atoms with Gasteiger partial charge in [0.25, 0.3) is 0 Å². The number of aromatic nitrogens is 3. The molecule has 0 radical (unpaired) electrons. The number of carbonyl (C=O) groups excluding carboxylic acids is 1. The first-order valence-electron chi connectivity index (χ1n) is 6.90. The van der Waals surface area contributed by atoms with Crippen molar-refractivity contribution < 1.29 is 14.1 Å². The van der Waals surface area contributed by atoms with E-state index in [0.717, 1.165) is 23.1 Å². The quantitative estimate of drug-likeness (QED) is 0.786. The number of amides is 1. The predicted octanol–water partition coefficient (Wildman–Crippen LogP) is 2.17. The number of aryl methyl sites for hydroxylation is 2. The van der Waals surface area contributed by atoms with Crippen molar-refractivity contribution in [3.8, 4) is 0 Å². The van der Waals surface area contributed by atoms with E-state index in [0.29, 0.717) is 18.2 Å². The second-order valence-electron chi connectivity index (χ2n) is 4.87. The summed E-state index contributed by atoms with van der Waals surface area (Å²) in [4.78, 5) is 16.4. The Morgan fingerprint density at radius 3 is 2.86 bits per heavy atom. The van der Waals surface area contributed by atoms with Crippen LogP contribution in [0.5, 0.6) is 0 Å². The van der Waals surface area contributed by atoms with Crippen LogP contribution >= 0.6 is 11.8 Å². The molecular formula is C14H20N4O3S. The van der Waals surface area contributed by atoms with Crippen molar-refractivity contribution in [1.29, 1.82) is 0 Å². The molecule has 0 fully saturated rings. The molecule has 0 aliphatic heterocycles. The summed E-state index contributed by atoms with van der Waals surface area (Å²) < 4.78 is 12.1. The van der Waals surface area contributed by atoms with Crippen molar-refractivity contribution in [3.63, 3.8) is 0 Å². The molecule has 0 spiro atoms. The highest BCUT2D eigenvalue weighted by Gasteiger charge is 2.14. The van der Waals surface area contributed by atoms with Crippen molar-refractivity contribution >= 4 is 23.5 Å². The summed E-state index contributed by atoms with van der Waals surface area (Å²) in [7, 11) is 1.67. The summed E-state index contributed by atoms with van der Waals surface area (Å²) >= 11 is 1.39. The minimum absolute atomic E-state index is 0.144. The lowest BCUT2D eigenvalue weighted by atomic mass is 10.4. The fraction of sp³-hybridized carbons (Fsp3) is 0.500. The zero-order chi connectivity index (χ0) is 16.1. The summed E-state index contributed by atoms with van der Waals surface area (Å²) in [5, 5.41) is 7.24. The van der Waals surface area contributed by atoms with Gasteiger partial charge in [0.1, 0.15) is 5.76 Å². The second kappa shape index (κ2) is 7.46. The summed E-state index contributed by atoms with van der Waals surface area (Å²) in [6.07, 6.45) is 0. The molecule has 0 aromatic carbocycles. The number of ether oxygens (including phenoxy) is 1. The Labute approximate surface area is 133 Å². The van der Waals surface area contributed by atoms with Crippen LogP contribution in [-0.2, 0) is 16.1 Å². The van der Waals surface area contributed by atoms with E-state index in [-0.39, 0.29) is 11.7 Å². The average Bonchev–Trinajstić information content (AvgIpc) is 3.00. The van der Waals surface area contributed by atoms with Crippen molar-refractivity contribution in [2.24, 2.45) is 0 Å². The summed E-state index contributed by atoms with van der Waals surface area (Å²) in [6.45, 7) is 7.07. The molecule has 2 aromatic heterocycles. The van der Waals surface area contributed by atoms with Gasteiger partial charge in [-0.3, -0.25) is 4.79 Å². The number of imidazole rings is 1. The van der Waals surface area contributed by atoms with Gasteiger partial charge in [-0.1, -0.05) is 16.9 Å². The fourth-order valence-corrected chi connectivity index (χ4v) is 2.83. The molecule has 2 aromatic rings. The molecule has 120 valence electrons. The highest BCUT2D eigenvalue weighted by Crippen LogP contribution is 2.21. The molecule has 2 rings (SSSR count). The first-order valence-corrected chi connectivity index (χ1v) is 7.88. The van der Waals surface area contributed by atoms with Gasteiger partial charge in [0, 0.05) is 25.4 Å². The molecule has 0 aliphatic rings. The van der Waals surface area contributed by atoms with Gasteiger partial charge < -0.3 is 19.1 Å². The minimum atomic E-state index is -0.144. The molecule has 1 amide bonds. The maximum Gasteiger partial charge on any atom is 0.236 e. The Balaban J connectivity index is 1.95. The minimum Gasteiger partial charge on any atom is -0.383 e. The van der Waals surface area contributed by atoms with E-state index in [2.05, 4.69) is 20.0 Å². The lowest BCUT2D eigenvalue weighted by Gasteiger charge is -2.08. The molecule has 0 saturated carbocycles. The van der Waals surface area contributed by atoms with Crippen molar-refractivity contribution in [3.05, 3.63) is 23.2 Å². The van der Waals surface area contributed by atoms with Crippen molar-refractivity contribution in [1.82, 2.24) is 14.7 Å². The van der Waals surface area contributed by atoms with Crippen LogP contribution in [0, 0.1) is 20.8 Å². The predicted molar refractivity (Wildman–Crippen MR) is 84.2 cm³/mol. The third-order valence-corrected chi connectivity index (χ3v) is 4.15. The van der Waals surface area contributed by atoms with Gasteiger partial charge in [-0.15, -0.1) is 0 Å². The molecule has 0 saturated heterocycles. The van der Waals surface area contributed by atoms with E-state index in [1.807, 2.05) is 13.8 Å². The monoisotopic (exact) mass is 324 g/mol. The normalized spacial score (nSPS) is 10.9. The molecule has 0 unspecified atom stereocenters. The third-order valence-electron chi connectivity index (χ3n) is 3.17. The van der Waals surface area contributed by atoms with E-state index in [1.165, 1.54) is 11.8 Å². The van der Waals surface area contributed by atoms with Gasteiger partial charge in [0.15, 0.2) is 11.0 Å². The van der Waals surface area contributed by atoms with Gasteiger partial charge in [-0.2, -0.15) is 0 Å². The highest BCUT2D eigenvalue weighted by atomic mass is 32.2. The number of hydrogen-bond donors (Lipinski definition) is 1. The smallest absolute Gasteiger partial charge is 0.236 e. The molecular weight excluding hydrogens is 304 g/mol. The summed E-state index contributed by atoms with van der Waals surface area (Å²) in [5.41, 5.74) is 2.05. The van der Waals surface area contributed by atoms with Gasteiger partial charge >= 0.3 is 0 Å². The van der Waals surface area contributed by atoms with Crippen LogP contribution in [0.4, 0.5) is 5.82 Å². The molecule has 0 aliphatic carbocycles. The largest absolute Gasteiger partial charge is 0.383 e. The number of hydrogen-bond acceptors (Lipinski definition) is 6. The number of anilines is 1. The van der Waals surface area contributed by atoms with Gasteiger partial charge in [-0.25, -0.2) is 4.98 Å². The van der Waals surface area contributed by atoms with E-state index in [4.69, 9.17) is 9.26 Å². The SMILES string of the molecule is COCCn1c(SCC(=O)Nc2cc(C)on2)nc(C)c1C. The number of carbonyl (C=O) groups is 1. The van der Waals surface area contributed by atoms with Crippen LogP contribution in [0.25, 0.3) is 0 Å². The zero-order valence-corrected chi connectivity index (χ0v) is 14.0. The molecule has 1 N–H and O–H groups in total. The Morgan fingerprint density at radius 2 is 2.23 bits per heavy atom. The van der Waals surface area contributed by atoms with E-state index >= 15 is 0 Å². The maximum atomic E-state index is 11.9. The van der Waals surface area contributed by atoms with Crippen LogP contribution in [0.15, 0.2) is 15.7 Å². The average molecular weight is 324 g/mol.